The van der Waals surface area contributed by atoms with Gasteiger partial charge in [-0.2, -0.15) is 4.98 Å². The number of benzene rings is 1. The van der Waals surface area contributed by atoms with Crippen LogP contribution in [0.5, 0.6) is 0 Å². The summed E-state index contributed by atoms with van der Waals surface area (Å²) in [5, 5.41) is 4.14. The van der Waals surface area contributed by atoms with Gasteiger partial charge in [0.2, 0.25) is 11.7 Å². The summed E-state index contributed by atoms with van der Waals surface area (Å²) in [4.78, 5) is 29.3. The number of nitrogens with zero attached hydrogens (tertiary/aromatic N) is 2. The summed E-state index contributed by atoms with van der Waals surface area (Å²) in [6.07, 6.45) is 9.76. The van der Waals surface area contributed by atoms with E-state index in [0.29, 0.717) is 29.4 Å². The number of carbonyl (C=O) groups excluding carboxylic acids is 2. The van der Waals surface area contributed by atoms with Gasteiger partial charge in [-0.05, 0) is 52.2 Å². The van der Waals surface area contributed by atoms with Crippen molar-refractivity contribution in [2.24, 2.45) is 5.92 Å². The van der Waals surface area contributed by atoms with Gasteiger partial charge in [-0.25, -0.2) is 4.79 Å². The van der Waals surface area contributed by atoms with E-state index in [9.17, 15) is 9.59 Å². The van der Waals surface area contributed by atoms with E-state index in [2.05, 4.69) is 10.1 Å². The minimum atomic E-state index is -0.544. The fourth-order valence-electron chi connectivity index (χ4n) is 4.54. The molecular formula is C27H38N2O5. The van der Waals surface area contributed by atoms with Crippen LogP contribution in [0.25, 0.3) is 11.4 Å². The Morgan fingerprint density at radius 2 is 1.94 bits per heavy atom. The number of hydrogen-bond donors (Lipinski definition) is 0. The van der Waals surface area contributed by atoms with Crippen molar-refractivity contribution in [1.29, 1.82) is 0 Å². The van der Waals surface area contributed by atoms with Crippen molar-refractivity contribution in [2.45, 2.75) is 97.0 Å². The molecule has 7 heteroatoms. The highest BCUT2D eigenvalue weighted by Gasteiger charge is 2.26. The van der Waals surface area contributed by atoms with Gasteiger partial charge in [0.15, 0.2) is 0 Å². The van der Waals surface area contributed by atoms with Crippen molar-refractivity contribution in [3.05, 3.63) is 35.7 Å². The lowest BCUT2D eigenvalue weighted by Gasteiger charge is -2.23. The number of aromatic nitrogens is 2. The molecule has 1 unspecified atom stereocenters. The molecule has 186 valence electrons. The van der Waals surface area contributed by atoms with Crippen molar-refractivity contribution < 1.29 is 23.6 Å². The minimum absolute atomic E-state index is 0.201. The van der Waals surface area contributed by atoms with Crippen molar-refractivity contribution in [3.8, 4) is 11.4 Å². The molecule has 34 heavy (non-hydrogen) atoms. The molecule has 0 amide bonds. The molecule has 0 saturated heterocycles. The average Bonchev–Trinajstić information content (AvgIpc) is 3.28. The van der Waals surface area contributed by atoms with E-state index in [-0.39, 0.29) is 18.3 Å². The van der Waals surface area contributed by atoms with Gasteiger partial charge in [0.25, 0.3) is 0 Å². The number of esters is 2. The summed E-state index contributed by atoms with van der Waals surface area (Å²) < 4.78 is 16.3. The number of rotatable bonds is 10. The molecule has 1 aromatic heterocycles. The molecule has 3 rings (SSSR count). The molecule has 1 fully saturated rings. The molecule has 1 heterocycles. The summed E-state index contributed by atoms with van der Waals surface area (Å²) in [6.45, 7) is 7.67. The van der Waals surface area contributed by atoms with Crippen LogP contribution in [0.3, 0.4) is 0 Å². The minimum Gasteiger partial charge on any atom is -0.462 e. The van der Waals surface area contributed by atoms with E-state index in [4.69, 9.17) is 14.0 Å². The molecule has 1 aliphatic rings. The standard InChI is InChI=1S/C27H38N2O5/c1-5-32-26(31)22-16-10-14-20(17-22)24-28-25(34-29-24)21(18-23(30)33-27(2,3)4)15-9-13-19-11-7-6-8-12-19/h10,14,16-17,19,21H,5-9,11-13,15,18H2,1-4H3. The van der Waals surface area contributed by atoms with Gasteiger partial charge in [0, 0.05) is 11.5 Å². The fraction of sp³-hybridized carbons (Fsp3) is 0.630. The van der Waals surface area contributed by atoms with Crippen LogP contribution >= 0.6 is 0 Å². The highest BCUT2D eigenvalue weighted by Crippen LogP contribution is 2.32. The Labute approximate surface area is 202 Å². The number of carbonyl (C=O) groups is 2. The van der Waals surface area contributed by atoms with Crippen LogP contribution in [-0.2, 0) is 14.3 Å². The predicted octanol–water partition coefficient (Wildman–Crippen LogP) is 6.48. The quantitative estimate of drug-likeness (QED) is 0.367. The summed E-state index contributed by atoms with van der Waals surface area (Å²) >= 11 is 0. The van der Waals surface area contributed by atoms with Crippen LogP contribution in [0.1, 0.15) is 108 Å². The first-order valence-electron chi connectivity index (χ1n) is 12.6. The Bertz CT molecular complexity index is 940. The third kappa shape index (κ3) is 7.96. The SMILES string of the molecule is CCOC(=O)c1cccc(-c2noc(C(CCCC3CCCCC3)CC(=O)OC(C)(C)C)n2)c1. The van der Waals surface area contributed by atoms with Gasteiger partial charge in [0.1, 0.15) is 5.60 Å². The van der Waals surface area contributed by atoms with Gasteiger partial charge in [0.05, 0.1) is 18.6 Å². The highest BCUT2D eigenvalue weighted by molar-refractivity contribution is 5.90. The van der Waals surface area contributed by atoms with Gasteiger partial charge >= 0.3 is 11.9 Å². The molecule has 0 N–H and O–H groups in total. The summed E-state index contributed by atoms with van der Waals surface area (Å²) in [5.74, 6) is 0.749. The molecule has 7 nitrogen and oxygen atoms in total. The van der Waals surface area contributed by atoms with Gasteiger partial charge in [-0.15, -0.1) is 0 Å². The summed E-state index contributed by atoms with van der Waals surface area (Å²) in [6, 6.07) is 6.97. The maximum Gasteiger partial charge on any atom is 0.338 e. The normalized spacial score (nSPS) is 15.6. The second kappa shape index (κ2) is 12.1. The number of hydrogen-bond acceptors (Lipinski definition) is 7. The lowest BCUT2D eigenvalue weighted by Crippen LogP contribution is -2.25. The Hall–Kier alpha value is -2.70. The second-order valence-corrected chi connectivity index (χ2v) is 10.2. The van der Waals surface area contributed by atoms with E-state index < -0.39 is 11.6 Å². The summed E-state index contributed by atoms with van der Waals surface area (Å²) in [7, 11) is 0. The zero-order chi connectivity index (χ0) is 24.6. The van der Waals surface area contributed by atoms with E-state index in [0.717, 1.165) is 25.2 Å². The van der Waals surface area contributed by atoms with E-state index in [1.807, 2.05) is 26.8 Å². The van der Waals surface area contributed by atoms with E-state index in [1.165, 1.54) is 32.1 Å². The highest BCUT2D eigenvalue weighted by atomic mass is 16.6. The van der Waals surface area contributed by atoms with Crippen LogP contribution < -0.4 is 0 Å². The molecule has 1 aliphatic carbocycles. The van der Waals surface area contributed by atoms with Crippen LogP contribution in [0.15, 0.2) is 28.8 Å². The molecule has 1 aromatic carbocycles. The molecule has 0 bridgehead atoms. The van der Waals surface area contributed by atoms with Gasteiger partial charge < -0.3 is 14.0 Å². The maximum absolute atomic E-state index is 12.6. The third-order valence-corrected chi connectivity index (χ3v) is 6.15. The van der Waals surface area contributed by atoms with Crippen LogP contribution in [0, 0.1) is 5.92 Å². The Balaban J connectivity index is 1.72. The van der Waals surface area contributed by atoms with Gasteiger partial charge in [-0.1, -0.05) is 62.2 Å². The van der Waals surface area contributed by atoms with Crippen LogP contribution in [0.4, 0.5) is 0 Å². The van der Waals surface area contributed by atoms with Gasteiger partial charge in [-0.3, -0.25) is 4.79 Å². The first-order chi connectivity index (χ1) is 16.2. The van der Waals surface area contributed by atoms with Crippen LogP contribution in [0.2, 0.25) is 0 Å². The zero-order valence-electron chi connectivity index (χ0n) is 21.0. The third-order valence-electron chi connectivity index (χ3n) is 6.15. The average molecular weight is 471 g/mol. The Kier molecular flexibility index (Phi) is 9.25. The predicted molar refractivity (Wildman–Crippen MR) is 129 cm³/mol. The lowest BCUT2D eigenvalue weighted by atomic mass is 9.84. The molecular weight excluding hydrogens is 432 g/mol. The second-order valence-electron chi connectivity index (χ2n) is 10.2. The van der Waals surface area contributed by atoms with E-state index >= 15 is 0 Å². The zero-order valence-corrected chi connectivity index (χ0v) is 21.0. The monoisotopic (exact) mass is 470 g/mol. The molecule has 0 spiro atoms. The van der Waals surface area contributed by atoms with Crippen molar-refractivity contribution in [3.63, 3.8) is 0 Å². The molecule has 1 atom stereocenters. The first kappa shape index (κ1) is 25.9. The molecule has 2 aromatic rings. The van der Waals surface area contributed by atoms with Crippen molar-refractivity contribution in [1.82, 2.24) is 10.1 Å². The first-order valence-corrected chi connectivity index (χ1v) is 12.6. The largest absolute Gasteiger partial charge is 0.462 e. The van der Waals surface area contributed by atoms with Crippen LogP contribution in [-0.4, -0.2) is 34.3 Å². The Morgan fingerprint density at radius 1 is 1.18 bits per heavy atom. The van der Waals surface area contributed by atoms with Crippen molar-refractivity contribution in [2.75, 3.05) is 6.61 Å². The Morgan fingerprint density at radius 3 is 2.65 bits per heavy atom. The smallest absolute Gasteiger partial charge is 0.338 e. The van der Waals surface area contributed by atoms with E-state index in [1.54, 1.807) is 25.1 Å². The maximum atomic E-state index is 12.6. The molecule has 0 radical (unpaired) electrons. The lowest BCUT2D eigenvalue weighted by molar-refractivity contribution is -0.155. The number of ether oxygens (including phenoxy) is 2. The van der Waals surface area contributed by atoms with Crippen molar-refractivity contribution >= 4 is 11.9 Å². The fourth-order valence-corrected chi connectivity index (χ4v) is 4.54. The summed E-state index contributed by atoms with van der Waals surface area (Å²) in [5.41, 5.74) is 0.555. The molecule has 1 saturated carbocycles. The topological polar surface area (TPSA) is 91.5 Å². The molecule has 0 aliphatic heterocycles.